The predicted octanol–water partition coefficient (Wildman–Crippen LogP) is 4.07. The van der Waals surface area contributed by atoms with Crippen LogP contribution in [0.15, 0.2) is 12.1 Å². The number of thioether (sulfide) groups is 1. The van der Waals surface area contributed by atoms with Gasteiger partial charge in [0.2, 0.25) is 0 Å². The highest BCUT2D eigenvalue weighted by Crippen LogP contribution is 2.19. The number of rotatable bonds is 10. The van der Waals surface area contributed by atoms with E-state index in [1.54, 1.807) is 0 Å². The van der Waals surface area contributed by atoms with Crippen molar-refractivity contribution in [2.75, 3.05) is 25.6 Å². The second-order valence-electron chi connectivity index (χ2n) is 5.94. The van der Waals surface area contributed by atoms with E-state index in [0.717, 1.165) is 25.6 Å². The van der Waals surface area contributed by atoms with Gasteiger partial charge in [0.1, 0.15) is 0 Å². The van der Waals surface area contributed by atoms with Crippen LogP contribution in [0.3, 0.4) is 0 Å². The van der Waals surface area contributed by atoms with Crippen LogP contribution in [-0.4, -0.2) is 36.5 Å². The minimum Gasteiger partial charge on any atom is -0.312 e. The topological polar surface area (TPSA) is 15.3 Å². The minimum absolute atomic E-state index is 0.659. The van der Waals surface area contributed by atoms with Crippen molar-refractivity contribution < 1.29 is 0 Å². The Morgan fingerprint density at radius 1 is 1.25 bits per heavy atom. The van der Waals surface area contributed by atoms with Crippen molar-refractivity contribution in [1.29, 1.82) is 0 Å². The van der Waals surface area contributed by atoms with Gasteiger partial charge >= 0.3 is 0 Å². The predicted molar refractivity (Wildman–Crippen MR) is 94.8 cm³/mol. The SMILES string of the molecule is CSCCC(C)N(C)Cc1ccc(CNCC(C)C)s1. The summed E-state index contributed by atoms with van der Waals surface area (Å²) in [6.45, 7) is 10.0. The molecule has 1 heterocycles. The Morgan fingerprint density at radius 2 is 1.95 bits per heavy atom. The summed E-state index contributed by atoms with van der Waals surface area (Å²) in [7, 11) is 2.24. The molecule has 1 rings (SSSR count). The van der Waals surface area contributed by atoms with Gasteiger partial charge in [0.05, 0.1) is 0 Å². The van der Waals surface area contributed by atoms with E-state index in [4.69, 9.17) is 0 Å². The first-order valence-corrected chi connectivity index (χ1v) is 9.71. The Balaban J connectivity index is 2.35. The molecule has 0 saturated heterocycles. The molecule has 4 heteroatoms. The molecule has 0 saturated carbocycles. The van der Waals surface area contributed by atoms with Gasteiger partial charge in [-0.05, 0) is 57.0 Å². The van der Waals surface area contributed by atoms with Gasteiger partial charge in [0, 0.05) is 28.9 Å². The Bertz CT molecular complexity index is 363. The molecule has 20 heavy (non-hydrogen) atoms. The molecule has 1 N–H and O–H groups in total. The van der Waals surface area contributed by atoms with Crippen molar-refractivity contribution in [3.05, 3.63) is 21.9 Å². The molecule has 0 aliphatic carbocycles. The molecular weight excluding hydrogens is 284 g/mol. The third-order valence-electron chi connectivity index (χ3n) is 3.47. The lowest BCUT2D eigenvalue weighted by atomic mass is 10.2. The van der Waals surface area contributed by atoms with Gasteiger partial charge < -0.3 is 5.32 Å². The normalized spacial score (nSPS) is 13.3. The number of nitrogens with zero attached hydrogens (tertiary/aromatic N) is 1. The molecule has 0 radical (unpaired) electrons. The molecule has 0 amide bonds. The maximum absolute atomic E-state index is 3.51. The average Bonchev–Trinajstić information content (AvgIpc) is 2.83. The van der Waals surface area contributed by atoms with Crippen LogP contribution in [0.25, 0.3) is 0 Å². The van der Waals surface area contributed by atoms with Crippen LogP contribution in [-0.2, 0) is 13.1 Å². The molecule has 2 nitrogen and oxygen atoms in total. The Hall–Kier alpha value is -0.0300. The number of thiophene rings is 1. The van der Waals surface area contributed by atoms with Gasteiger partial charge in [-0.15, -0.1) is 11.3 Å². The quantitative estimate of drug-likeness (QED) is 0.701. The third-order valence-corrected chi connectivity index (χ3v) is 5.18. The molecule has 0 aromatic carbocycles. The molecule has 0 spiro atoms. The largest absolute Gasteiger partial charge is 0.312 e. The molecular formula is C16H30N2S2. The van der Waals surface area contributed by atoms with E-state index in [-0.39, 0.29) is 0 Å². The molecule has 0 fully saturated rings. The fraction of sp³-hybridized carbons (Fsp3) is 0.750. The van der Waals surface area contributed by atoms with Crippen molar-refractivity contribution in [3.8, 4) is 0 Å². The standard InChI is InChI=1S/C16H30N2S2/c1-13(2)10-17-11-15-6-7-16(20-15)12-18(4)14(3)8-9-19-5/h6-7,13-14,17H,8-12H2,1-5H3. The van der Waals surface area contributed by atoms with Crippen molar-refractivity contribution in [3.63, 3.8) is 0 Å². The summed E-state index contributed by atoms with van der Waals surface area (Å²) >= 11 is 3.88. The fourth-order valence-electron chi connectivity index (χ4n) is 2.00. The van der Waals surface area contributed by atoms with Crippen molar-refractivity contribution in [2.24, 2.45) is 5.92 Å². The fourth-order valence-corrected chi connectivity index (χ4v) is 3.62. The lowest BCUT2D eigenvalue weighted by Crippen LogP contribution is -2.28. The summed E-state index contributed by atoms with van der Waals surface area (Å²) in [5, 5.41) is 3.51. The lowest BCUT2D eigenvalue weighted by Gasteiger charge is -2.23. The number of nitrogens with one attached hydrogen (secondary N) is 1. The summed E-state index contributed by atoms with van der Waals surface area (Å²) in [4.78, 5) is 5.39. The zero-order valence-electron chi connectivity index (χ0n) is 13.6. The van der Waals surface area contributed by atoms with Gasteiger partial charge in [-0.2, -0.15) is 11.8 Å². The summed E-state index contributed by atoms with van der Waals surface area (Å²) in [5.74, 6) is 1.97. The highest BCUT2D eigenvalue weighted by atomic mass is 32.2. The Labute approximate surface area is 133 Å². The molecule has 1 aromatic heterocycles. The monoisotopic (exact) mass is 314 g/mol. The van der Waals surface area contributed by atoms with Crippen LogP contribution in [0.2, 0.25) is 0 Å². The van der Waals surface area contributed by atoms with Crippen LogP contribution < -0.4 is 5.32 Å². The third kappa shape index (κ3) is 7.11. The second kappa shape index (κ2) is 9.82. The van der Waals surface area contributed by atoms with Gasteiger partial charge in [-0.25, -0.2) is 0 Å². The Kier molecular flexibility index (Phi) is 8.85. The molecule has 0 aliphatic heterocycles. The smallest absolute Gasteiger partial charge is 0.0327 e. The van der Waals surface area contributed by atoms with Crippen molar-refractivity contribution in [1.82, 2.24) is 10.2 Å². The van der Waals surface area contributed by atoms with E-state index < -0.39 is 0 Å². The first-order valence-electron chi connectivity index (χ1n) is 7.50. The maximum atomic E-state index is 3.51. The summed E-state index contributed by atoms with van der Waals surface area (Å²) < 4.78 is 0. The van der Waals surface area contributed by atoms with Crippen LogP contribution in [0, 0.1) is 5.92 Å². The van der Waals surface area contributed by atoms with Crippen molar-refractivity contribution >= 4 is 23.1 Å². The van der Waals surface area contributed by atoms with E-state index in [9.17, 15) is 0 Å². The van der Waals surface area contributed by atoms with Crippen LogP contribution >= 0.6 is 23.1 Å². The molecule has 0 bridgehead atoms. The van der Waals surface area contributed by atoms with Crippen LogP contribution in [0.5, 0.6) is 0 Å². The first kappa shape index (κ1) is 18.0. The van der Waals surface area contributed by atoms with Crippen LogP contribution in [0.4, 0.5) is 0 Å². The number of hydrogen-bond acceptors (Lipinski definition) is 4. The molecule has 1 atom stereocenters. The summed E-state index contributed by atoms with van der Waals surface area (Å²) in [6, 6.07) is 5.22. The summed E-state index contributed by atoms with van der Waals surface area (Å²) in [5.41, 5.74) is 0. The summed E-state index contributed by atoms with van der Waals surface area (Å²) in [6.07, 6.45) is 3.45. The van der Waals surface area contributed by atoms with E-state index >= 15 is 0 Å². The molecule has 0 aliphatic rings. The molecule has 1 aromatic rings. The zero-order chi connectivity index (χ0) is 15.0. The first-order chi connectivity index (χ1) is 9.52. The van der Waals surface area contributed by atoms with E-state index in [0.29, 0.717) is 6.04 Å². The van der Waals surface area contributed by atoms with E-state index in [2.05, 4.69) is 56.4 Å². The highest BCUT2D eigenvalue weighted by Gasteiger charge is 2.10. The second-order valence-corrected chi connectivity index (χ2v) is 8.18. The van der Waals surface area contributed by atoms with Gasteiger partial charge in [0.15, 0.2) is 0 Å². The highest BCUT2D eigenvalue weighted by molar-refractivity contribution is 7.98. The lowest BCUT2D eigenvalue weighted by molar-refractivity contribution is 0.247. The van der Waals surface area contributed by atoms with Crippen LogP contribution in [0.1, 0.15) is 36.9 Å². The van der Waals surface area contributed by atoms with Gasteiger partial charge in [0.25, 0.3) is 0 Å². The van der Waals surface area contributed by atoms with Gasteiger partial charge in [-0.3, -0.25) is 4.90 Å². The maximum Gasteiger partial charge on any atom is 0.0327 e. The molecule has 116 valence electrons. The number of hydrogen-bond donors (Lipinski definition) is 1. The Morgan fingerprint density at radius 3 is 2.60 bits per heavy atom. The molecule has 1 unspecified atom stereocenters. The van der Waals surface area contributed by atoms with Gasteiger partial charge in [-0.1, -0.05) is 13.8 Å². The van der Waals surface area contributed by atoms with E-state index in [1.807, 2.05) is 23.1 Å². The zero-order valence-corrected chi connectivity index (χ0v) is 15.2. The average molecular weight is 315 g/mol. The minimum atomic E-state index is 0.659. The van der Waals surface area contributed by atoms with Crippen molar-refractivity contribution in [2.45, 2.75) is 46.3 Å². The van der Waals surface area contributed by atoms with E-state index in [1.165, 1.54) is 21.9 Å².